The van der Waals surface area contributed by atoms with Gasteiger partial charge in [0, 0.05) is 44.0 Å². The summed E-state index contributed by atoms with van der Waals surface area (Å²) in [4.78, 5) is 34.3. The zero-order valence-electron chi connectivity index (χ0n) is 22.6. The van der Waals surface area contributed by atoms with Crippen LogP contribution in [-0.2, 0) is 32.1 Å². The molecule has 3 heterocycles. The molecule has 36 heavy (non-hydrogen) atoms. The van der Waals surface area contributed by atoms with E-state index in [1.807, 2.05) is 4.90 Å². The highest BCUT2D eigenvalue weighted by atomic mass is 16.5. The number of rotatable bonds is 7. The van der Waals surface area contributed by atoms with Crippen molar-refractivity contribution in [1.82, 2.24) is 9.88 Å². The molecule has 8 heteroatoms. The Labute approximate surface area is 214 Å². The lowest BCUT2D eigenvalue weighted by Gasteiger charge is -2.44. The normalized spacial score (nSPS) is 21.4. The SMILES string of the molecule is CC(C)OC(=O)CCC(=O)N1CCN(c2nc(C3CC3)c3c(c2C#N)CC(C)(C)OC3)C[C@H]1C(C)C. The first-order valence-electron chi connectivity index (χ1n) is 13.3. The maximum Gasteiger partial charge on any atom is 0.306 e. The third-order valence-electron chi connectivity index (χ3n) is 7.43. The molecule has 2 aliphatic heterocycles. The molecule has 1 aliphatic carbocycles. The number of hydrogen-bond donors (Lipinski definition) is 0. The molecule has 0 aromatic carbocycles. The number of fused-ring (bicyclic) bond motifs is 1. The lowest BCUT2D eigenvalue weighted by molar-refractivity contribution is -0.150. The Morgan fingerprint density at radius 3 is 2.50 bits per heavy atom. The second-order valence-electron chi connectivity index (χ2n) is 11.6. The fourth-order valence-electron chi connectivity index (χ4n) is 5.38. The van der Waals surface area contributed by atoms with Gasteiger partial charge in [0.25, 0.3) is 0 Å². The number of pyridine rings is 1. The summed E-state index contributed by atoms with van der Waals surface area (Å²) in [6, 6.07) is 2.45. The maximum atomic E-state index is 13.1. The predicted molar refractivity (Wildman–Crippen MR) is 137 cm³/mol. The fourth-order valence-corrected chi connectivity index (χ4v) is 5.38. The van der Waals surface area contributed by atoms with Gasteiger partial charge in [-0.15, -0.1) is 0 Å². The molecule has 1 saturated carbocycles. The van der Waals surface area contributed by atoms with Crippen LogP contribution < -0.4 is 4.90 Å². The van der Waals surface area contributed by atoms with E-state index in [-0.39, 0.29) is 48.4 Å². The predicted octanol–water partition coefficient (Wildman–Crippen LogP) is 4.09. The lowest BCUT2D eigenvalue weighted by Crippen LogP contribution is -2.57. The van der Waals surface area contributed by atoms with Gasteiger partial charge in [0.1, 0.15) is 11.9 Å². The molecule has 0 unspecified atom stereocenters. The Kier molecular flexibility index (Phi) is 7.61. The molecular weight excluding hydrogens is 456 g/mol. The van der Waals surface area contributed by atoms with Gasteiger partial charge < -0.3 is 19.3 Å². The van der Waals surface area contributed by atoms with Crippen molar-refractivity contribution >= 4 is 17.7 Å². The largest absolute Gasteiger partial charge is 0.463 e. The van der Waals surface area contributed by atoms with Gasteiger partial charge in [0.15, 0.2) is 0 Å². The number of esters is 1. The van der Waals surface area contributed by atoms with Gasteiger partial charge in [0.2, 0.25) is 5.91 Å². The summed E-state index contributed by atoms with van der Waals surface area (Å²) in [5, 5.41) is 10.3. The Bertz CT molecular complexity index is 1050. The van der Waals surface area contributed by atoms with Crippen LogP contribution in [0.2, 0.25) is 0 Å². The first-order valence-corrected chi connectivity index (χ1v) is 13.3. The molecular formula is C28H40N4O4. The van der Waals surface area contributed by atoms with Gasteiger partial charge >= 0.3 is 5.97 Å². The smallest absolute Gasteiger partial charge is 0.306 e. The molecule has 196 valence electrons. The van der Waals surface area contributed by atoms with Crippen LogP contribution in [0.4, 0.5) is 5.82 Å². The molecule has 0 N–H and O–H groups in total. The van der Waals surface area contributed by atoms with E-state index in [4.69, 9.17) is 14.5 Å². The van der Waals surface area contributed by atoms with Gasteiger partial charge in [-0.05, 0) is 52.0 Å². The summed E-state index contributed by atoms with van der Waals surface area (Å²) in [6.45, 7) is 14.3. The van der Waals surface area contributed by atoms with Crippen LogP contribution >= 0.6 is 0 Å². The van der Waals surface area contributed by atoms with Crippen molar-refractivity contribution in [2.24, 2.45) is 5.92 Å². The Morgan fingerprint density at radius 1 is 1.17 bits per heavy atom. The molecule has 1 aromatic heterocycles. The van der Waals surface area contributed by atoms with Crippen LogP contribution in [0.1, 0.15) is 95.5 Å². The number of nitriles is 1. The molecule has 8 nitrogen and oxygen atoms in total. The Morgan fingerprint density at radius 2 is 1.89 bits per heavy atom. The molecule has 3 aliphatic rings. The van der Waals surface area contributed by atoms with Crippen molar-refractivity contribution in [3.05, 3.63) is 22.4 Å². The van der Waals surface area contributed by atoms with E-state index in [1.54, 1.807) is 13.8 Å². The minimum absolute atomic E-state index is 0.0227. The minimum Gasteiger partial charge on any atom is -0.463 e. The molecule has 2 fully saturated rings. The number of hydrogen-bond acceptors (Lipinski definition) is 7. The molecule has 0 spiro atoms. The van der Waals surface area contributed by atoms with Gasteiger partial charge in [-0.3, -0.25) is 9.59 Å². The van der Waals surface area contributed by atoms with Crippen LogP contribution in [-0.4, -0.2) is 59.1 Å². The van der Waals surface area contributed by atoms with Crippen molar-refractivity contribution in [1.29, 1.82) is 5.26 Å². The first-order chi connectivity index (χ1) is 17.0. The summed E-state index contributed by atoms with van der Waals surface area (Å²) in [5.41, 5.74) is 3.63. The van der Waals surface area contributed by atoms with Crippen molar-refractivity contribution in [2.45, 2.75) is 104 Å². The van der Waals surface area contributed by atoms with Gasteiger partial charge in [0.05, 0.1) is 42.0 Å². The molecule has 4 rings (SSSR count). The summed E-state index contributed by atoms with van der Waals surface area (Å²) in [5.74, 6) is 1.07. The van der Waals surface area contributed by atoms with E-state index in [1.165, 1.54) is 0 Å². The number of ether oxygens (including phenoxy) is 2. The van der Waals surface area contributed by atoms with Crippen molar-refractivity contribution < 1.29 is 19.1 Å². The van der Waals surface area contributed by atoms with Crippen LogP contribution in [0, 0.1) is 17.2 Å². The zero-order chi connectivity index (χ0) is 26.2. The molecule has 1 amide bonds. The van der Waals surface area contributed by atoms with Crippen LogP contribution in [0.25, 0.3) is 0 Å². The summed E-state index contributed by atoms with van der Waals surface area (Å²) in [6.07, 6.45) is 3.01. The molecule has 1 atom stereocenters. The number of aromatic nitrogens is 1. The highest BCUT2D eigenvalue weighted by Gasteiger charge is 2.39. The third kappa shape index (κ3) is 5.67. The minimum atomic E-state index is -0.338. The Hall–Kier alpha value is -2.66. The maximum absolute atomic E-state index is 13.1. The van der Waals surface area contributed by atoms with Crippen molar-refractivity contribution in [3.63, 3.8) is 0 Å². The average molecular weight is 497 g/mol. The highest BCUT2D eigenvalue weighted by molar-refractivity contribution is 5.82. The Balaban J connectivity index is 1.58. The van der Waals surface area contributed by atoms with E-state index < -0.39 is 0 Å². The molecule has 1 saturated heterocycles. The summed E-state index contributed by atoms with van der Waals surface area (Å²) in [7, 11) is 0. The number of nitrogens with zero attached hydrogens (tertiary/aromatic N) is 4. The summed E-state index contributed by atoms with van der Waals surface area (Å²) < 4.78 is 11.3. The number of anilines is 1. The lowest BCUT2D eigenvalue weighted by atomic mass is 9.87. The number of carbonyl (C=O) groups excluding carboxylic acids is 2. The average Bonchev–Trinajstić information content (AvgIpc) is 3.65. The van der Waals surface area contributed by atoms with Crippen molar-refractivity contribution in [2.75, 3.05) is 24.5 Å². The van der Waals surface area contributed by atoms with E-state index in [2.05, 4.69) is 38.7 Å². The first kappa shape index (κ1) is 26.4. The quantitative estimate of drug-likeness (QED) is 0.525. The highest BCUT2D eigenvalue weighted by Crippen LogP contribution is 2.46. The second-order valence-corrected chi connectivity index (χ2v) is 11.6. The van der Waals surface area contributed by atoms with E-state index in [0.29, 0.717) is 44.1 Å². The number of amides is 1. The standard InChI is InChI=1S/C28H40N4O4/c1-17(2)23-15-31(11-12-32(23)24(33)9-10-25(34)36-18(3)4)27-21(14-29)20-13-28(5,6)35-16-22(20)26(30-27)19-7-8-19/h17-19,23H,7-13,15-16H2,1-6H3/t23-/m0/s1. The van der Waals surface area contributed by atoms with Crippen molar-refractivity contribution in [3.8, 4) is 6.07 Å². The number of piperazine rings is 1. The molecule has 1 aromatic rings. The van der Waals surface area contributed by atoms with Gasteiger partial charge in [-0.2, -0.15) is 5.26 Å². The van der Waals surface area contributed by atoms with E-state index >= 15 is 0 Å². The second kappa shape index (κ2) is 10.4. The molecule has 0 radical (unpaired) electrons. The van der Waals surface area contributed by atoms with E-state index in [0.717, 1.165) is 35.5 Å². The topological polar surface area (TPSA) is 95.8 Å². The van der Waals surface area contributed by atoms with Crippen LogP contribution in [0.3, 0.4) is 0 Å². The van der Waals surface area contributed by atoms with Gasteiger partial charge in [-0.1, -0.05) is 13.8 Å². The van der Waals surface area contributed by atoms with E-state index in [9.17, 15) is 14.9 Å². The van der Waals surface area contributed by atoms with Crippen LogP contribution in [0.15, 0.2) is 0 Å². The fraction of sp³-hybridized carbons (Fsp3) is 0.714. The van der Waals surface area contributed by atoms with Gasteiger partial charge in [-0.25, -0.2) is 4.98 Å². The summed E-state index contributed by atoms with van der Waals surface area (Å²) >= 11 is 0. The third-order valence-corrected chi connectivity index (χ3v) is 7.43. The monoisotopic (exact) mass is 496 g/mol. The zero-order valence-corrected chi connectivity index (χ0v) is 22.6. The number of carbonyl (C=O) groups is 2. The molecule has 0 bridgehead atoms. The van der Waals surface area contributed by atoms with Crippen LogP contribution in [0.5, 0.6) is 0 Å².